The van der Waals surface area contributed by atoms with Crippen molar-refractivity contribution in [1.29, 1.82) is 0 Å². The van der Waals surface area contributed by atoms with Gasteiger partial charge < -0.3 is 14.9 Å². The lowest BCUT2D eigenvalue weighted by Crippen LogP contribution is -2.47. The van der Waals surface area contributed by atoms with Gasteiger partial charge in [-0.25, -0.2) is 0 Å². The van der Waals surface area contributed by atoms with Gasteiger partial charge in [0.1, 0.15) is 6.10 Å². The van der Waals surface area contributed by atoms with E-state index in [-0.39, 0.29) is 12.2 Å². The lowest BCUT2D eigenvalue weighted by Gasteiger charge is -2.35. The average Bonchev–Trinajstić information content (AvgIpc) is 1.96. The van der Waals surface area contributed by atoms with E-state index in [1.54, 1.807) is 0 Å². The van der Waals surface area contributed by atoms with Crippen LogP contribution < -0.4 is 0 Å². The van der Waals surface area contributed by atoms with Gasteiger partial charge in [-0.2, -0.15) is 0 Å². The van der Waals surface area contributed by atoms with Crippen molar-refractivity contribution in [3.63, 3.8) is 0 Å². The molecule has 1 fully saturated rings. The molecule has 66 valence electrons. The smallest absolute Gasteiger partial charge is 0.106 e. The molecule has 2 N–H and O–H groups in total. The van der Waals surface area contributed by atoms with Gasteiger partial charge in [-0.3, -0.25) is 0 Å². The summed E-state index contributed by atoms with van der Waals surface area (Å²) in [6.07, 6.45) is -0.132. The highest BCUT2D eigenvalue weighted by Crippen LogP contribution is 2.21. The van der Waals surface area contributed by atoms with E-state index in [0.717, 1.165) is 6.42 Å². The Morgan fingerprint density at radius 2 is 2.09 bits per heavy atom. The molecule has 1 aliphatic rings. The molecule has 4 unspecified atom stereocenters. The largest absolute Gasteiger partial charge is 0.390 e. The van der Waals surface area contributed by atoms with Gasteiger partial charge in [-0.15, -0.1) is 0 Å². The molecule has 0 aromatic carbocycles. The summed E-state index contributed by atoms with van der Waals surface area (Å²) in [5, 5.41) is 18.7. The standard InChI is InChI=1S/C8H16O3/c1-3-7-8(10)6(9)4-5(2)11-7/h5-10H,3-4H2,1-2H3. The number of aliphatic hydroxyl groups is 2. The van der Waals surface area contributed by atoms with Crippen molar-refractivity contribution in [2.45, 2.75) is 51.1 Å². The first-order valence-electron chi connectivity index (χ1n) is 4.16. The van der Waals surface area contributed by atoms with Gasteiger partial charge in [-0.05, 0) is 13.3 Å². The van der Waals surface area contributed by atoms with Crippen LogP contribution in [0, 0.1) is 0 Å². The van der Waals surface area contributed by atoms with Gasteiger partial charge in [0.2, 0.25) is 0 Å². The molecule has 0 spiro atoms. The van der Waals surface area contributed by atoms with Crippen LogP contribution in [0.1, 0.15) is 26.7 Å². The molecule has 0 bridgehead atoms. The topological polar surface area (TPSA) is 49.7 Å². The number of hydrogen-bond acceptors (Lipinski definition) is 3. The van der Waals surface area contributed by atoms with Gasteiger partial charge in [0.15, 0.2) is 0 Å². The van der Waals surface area contributed by atoms with Crippen LogP contribution in [0.3, 0.4) is 0 Å². The second kappa shape index (κ2) is 3.52. The van der Waals surface area contributed by atoms with Crippen molar-refractivity contribution >= 4 is 0 Å². The predicted octanol–water partition coefficient (Wildman–Crippen LogP) is 0.296. The third-order valence-electron chi connectivity index (χ3n) is 2.16. The van der Waals surface area contributed by atoms with Crippen molar-refractivity contribution in [3.8, 4) is 0 Å². The minimum atomic E-state index is -0.698. The number of rotatable bonds is 1. The Hall–Kier alpha value is -0.120. The third-order valence-corrected chi connectivity index (χ3v) is 2.16. The Morgan fingerprint density at radius 3 is 2.64 bits per heavy atom. The first-order valence-corrected chi connectivity index (χ1v) is 4.16. The Kier molecular flexibility index (Phi) is 2.87. The SMILES string of the molecule is CCC1OC(C)CC(O)C1O. The fraction of sp³-hybridized carbons (Fsp3) is 1.00. The highest BCUT2D eigenvalue weighted by Gasteiger charge is 2.33. The summed E-state index contributed by atoms with van der Waals surface area (Å²) in [6.45, 7) is 3.86. The molecule has 0 aromatic heterocycles. The fourth-order valence-electron chi connectivity index (χ4n) is 1.50. The molecule has 1 aliphatic heterocycles. The van der Waals surface area contributed by atoms with Crippen LogP contribution in [0.2, 0.25) is 0 Å². The van der Waals surface area contributed by atoms with Crippen molar-refractivity contribution in [2.75, 3.05) is 0 Å². The van der Waals surface area contributed by atoms with Gasteiger partial charge in [0.25, 0.3) is 0 Å². The van der Waals surface area contributed by atoms with Gasteiger partial charge >= 0.3 is 0 Å². The molecule has 3 nitrogen and oxygen atoms in total. The summed E-state index contributed by atoms with van der Waals surface area (Å²) in [4.78, 5) is 0. The maximum Gasteiger partial charge on any atom is 0.106 e. The Balaban J connectivity index is 2.51. The number of ether oxygens (including phenoxy) is 1. The zero-order chi connectivity index (χ0) is 8.43. The summed E-state index contributed by atoms with van der Waals surface area (Å²) in [5.74, 6) is 0. The van der Waals surface area contributed by atoms with E-state index in [0.29, 0.717) is 6.42 Å². The van der Waals surface area contributed by atoms with E-state index >= 15 is 0 Å². The third kappa shape index (κ3) is 1.92. The quantitative estimate of drug-likeness (QED) is 0.580. The van der Waals surface area contributed by atoms with Gasteiger partial charge in [0.05, 0.1) is 18.3 Å². The summed E-state index contributed by atoms with van der Waals surface area (Å²) >= 11 is 0. The van der Waals surface area contributed by atoms with Gasteiger partial charge in [-0.1, -0.05) is 6.92 Å². The van der Waals surface area contributed by atoms with E-state index < -0.39 is 12.2 Å². The molecule has 0 saturated carbocycles. The molecule has 0 aliphatic carbocycles. The summed E-state index contributed by atoms with van der Waals surface area (Å²) in [7, 11) is 0. The second-order valence-corrected chi connectivity index (χ2v) is 3.19. The lowest BCUT2D eigenvalue weighted by atomic mass is 9.97. The van der Waals surface area contributed by atoms with E-state index in [9.17, 15) is 10.2 Å². The highest BCUT2D eigenvalue weighted by molar-refractivity contribution is 4.82. The molecule has 0 aromatic rings. The molecule has 4 atom stereocenters. The minimum absolute atomic E-state index is 0.0679. The predicted molar refractivity (Wildman–Crippen MR) is 41.3 cm³/mol. The first-order chi connectivity index (χ1) is 5.15. The maximum atomic E-state index is 9.38. The molecule has 3 heteroatoms. The van der Waals surface area contributed by atoms with Gasteiger partial charge in [0, 0.05) is 6.42 Å². The average molecular weight is 160 g/mol. The lowest BCUT2D eigenvalue weighted by molar-refractivity contribution is -0.163. The summed E-state index contributed by atoms with van der Waals surface area (Å²) in [6, 6.07) is 0. The van der Waals surface area contributed by atoms with Crippen LogP contribution in [0.5, 0.6) is 0 Å². The molecule has 1 rings (SSSR count). The molecule has 1 saturated heterocycles. The maximum absolute atomic E-state index is 9.38. The monoisotopic (exact) mass is 160 g/mol. The molecule has 0 amide bonds. The summed E-state index contributed by atoms with van der Waals surface area (Å²) in [5.41, 5.74) is 0. The van der Waals surface area contributed by atoms with E-state index in [2.05, 4.69) is 0 Å². The molecule has 1 heterocycles. The molecular weight excluding hydrogens is 144 g/mol. The Morgan fingerprint density at radius 1 is 1.45 bits per heavy atom. The number of hydrogen-bond donors (Lipinski definition) is 2. The van der Waals surface area contributed by atoms with Crippen molar-refractivity contribution in [3.05, 3.63) is 0 Å². The van der Waals surface area contributed by atoms with Crippen molar-refractivity contribution in [1.82, 2.24) is 0 Å². The Labute approximate surface area is 67.0 Å². The fourth-order valence-corrected chi connectivity index (χ4v) is 1.50. The van der Waals surface area contributed by atoms with Crippen LogP contribution in [-0.2, 0) is 4.74 Å². The van der Waals surface area contributed by atoms with Crippen LogP contribution in [0.15, 0.2) is 0 Å². The van der Waals surface area contributed by atoms with E-state index in [4.69, 9.17) is 4.74 Å². The molecule has 0 radical (unpaired) electrons. The van der Waals surface area contributed by atoms with Crippen LogP contribution in [-0.4, -0.2) is 34.6 Å². The Bertz CT molecular complexity index is 127. The van der Waals surface area contributed by atoms with Crippen molar-refractivity contribution in [2.24, 2.45) is 0 Å². The summed E-state index contributed by atoms with van der Waals surface area (Å²) < 4.78 is 5.41. The van der Waals surface area contributed by atoms with E-state index in [1.165, 1.54) is 0 Å². The van der Waals surface area contributed by atoms with Crippen LogP contribution >= 0.6 is 0 Å². The van der Waals surface area contributed by atoms with Crippen LogP contribution in [0.4, 0.5) is 0 Å². The zero-order valence-electron chi connectivity index (χ0n) is 7.03. The molecular formula is C8H16O3. The highest BCUT2D eigenvalue weighted by atomic mass is 16.5. The first kappa shape index (κ1) is 8.97. The zero-order valence-corrected chi connectivity index (χ0v) is 7.03. The molecule has 11 heavy (non-hydrogen) atoms. The van der Waals surface area contributed by atoms with Crippen molar-refractivity contribution < 1.29 is 14.9 Å². The minimum Gasteiger partial charge on any atom is -0.390 e. The van der Waals surface area contributed by atoms with Crippen LogP contribution in [0.25, 0.3) is 0 Å². The second-order valence-electron chi connectivity index (χ2n) is 3.19. The number of aliphatic hydroxyl groups excluding tert-OH is 2. The normalized spacial score (nSPS) is 45.8. The van der Waals surface area contributed by atoms with E-state index in [1.807, 2.05) is 13.8 Å².